The van der Waals surface area contributed by atoms with Gasteiger partial charge in [-0.15, -0.1) is 0 Å². The average molecular weight is 425 g/mol. The lowest BCUT2D eigenvalue weighted by Gasteiger charge is -2.11. The van der Waals surface area contributed by atoms with Crippen molar-refractivity contribution in [1.82, 2.24) is 0 Å². The van der Waals surface area contributed by atoms with Gasteiger partial charge < -0.3 is 10.4 Å². The monoisotopic (exact) mass is 423 g/mol. The Morgan fingerprint density at radius 1 is 1.00 bits per heavy atom. The zero-order valence-electron chi connectivity index (χ0n) is 10.5. The third-order valence-electron chi connectivity index (χ3n) is 2.79. The van der Waals surface area contributed by atoms with Gasteiger partial charge in [0.2, 0.25) is 0 Å². The highest BCUT2D eigenvalue weighted by Crippen LogP contribution is 2.34. The van der Waals surface area contributed by atoms with Crippen molar-refractivity contribution in [3.8, 4) is 5.75 Å². The number of anilines is 1. The van der Waals surface area contributed by atoms with Gasteiger partial charge in [-0.1, -0.05) is 0 Å². The number of nitrogens with one attached hydrogen (secondary N) is 1. The summed E-state index contributed by atoms with van der Waals surface area (Å²) in [6, 6.07) is 8.30. The number of hydrogen-bond acceptors (Lipinski definition) is 2. The molecule has 0 radical (unpaired) electrons. The first-order chi connectivity index (χ1) is 9.77. The molecule has 0 heterocycles. The summed E-state index contributed by atoms with van der Waals surface area (Å²) in [5.41, 5.74) is 0.776. The van der Waals surface area contributed by atoms with Crippen LogP contribution in [0.5, 0.6) is 5.75 Å². The molecule has 2 N–H and O–H groups in total. The van der Waals surface area contributed by atoms with Crippen LogP contribution in [0, 0.1) is 0 Å². The second-order valence-corrected chi connectivity index (χ2v) is 6.05. The molecule has 2 nitrogen and oxygen atoms in total. The summed E-state index contributed by atoms with van der Waals surface area (Å²) < 4.78 is 38.4. The third-order valence-corrected chi connectivity index (χ3v) is 3.99. The van der Waals surface area contributed by atoms with E-state index in [1.165, 1.54) is 12.1 Å². The predicted octanol–water partition coefficient (Wildman–Crippen LogP) is 5.55. The first-order valence-electron chi connectivity index (χ1n) is 5.85. The number of phenolic OH excluding ortho intramolecular Hbond substituents is 1. The van der Waals surface area contributed by atoms with Crippen LogP contribution in [0.4, 0.5) is 18.9 Å². The first kappa shape index (κ1) is 16.2. The summed E-state index contributed by atoms with van der Waals surface area (Å²) in [4.78, 5) is 0. The summed E-state index contributed by atoms with van der Waals surface area (Å²) in [6.45, 7) is 0.419. The van der Waals surface area contributed by atoms with E-state index in [1.807, 2.05) is 0 Å². The zero-order chi connectivity index (χ0) is 15.6. The number of hydrogen-bond donors (Lipinski definition) is 2. The van der Waals surface area contributed by atoms with Gasteiger partial charge in [0, 0.05) is 12.2 Å². The van der Waals surface area contributed by atoms with Gasteiger partial charge in [-0.05, 0) is 73.8 Å². The molecule has 0 aliphatic carbocycles. The van der Waals surface area contributed by atoms with E-state index in [2.05, 4.69) is 37.2 Å². The minimum Gasteiger partial charge on any atom is -0.506 e. The van der Waals surface area contributed by atoms with Crippen molar-refractivity contribution in [2.45, 2.75) is 12.7 Å². The highest BCUT2D eigenvalue weighted by atomic mass is 79.9. The maximum absolute atomic E-state index is 12.4. The van der Waals surface area contributed by atoms with Crippen LogP contribution in [0.25, 0.3) is 0 Å². The van der Waals surface area contributed by atoms with Crippen molar-refractivity contribution in [2.24, 2.45) is 0 Å². The lowest BCUT2D eigenvalue weighted by atomic mass is 10.2. The molecule has 0 aliphatic heterocycles. The molecule has 7 heteroatoms. The van der Waals surface area contributed by atoms with Gasteiger partial charge in [0.05, 0.1) is 14.5 Å². The van der Waals surface area contributed by atoms with E-state index >= 15 is 0 Å². The molecule has 0 atom stereocenters. The Labute approximate surface area is 136 Å². The molecule has 0 unspecified atom stereocenters. The highest BCUT2D eigenvalue weighted by Gasteiger charge is 2.29. The average Bonchev–Trinajstić information content (AvgIpc) is 2.42. The maximum atomic E-state index is 12.4. The van der Waals surface area contributed by atoms with Crippen LogP contribution in [0.15, 0.2) is 45.3 Å². The fourth-order valence-corrected chi connectivity index (χ4v) is 2.98. The SMILES string of the molecule is Oc1c(Br)cc(CNc2ccc(C(F)(F)F)cc2)cc1Br. The summed E-state index contributed by atoms with van der Waals surface area (Å²) >= 11 is 6.44. The molecule has 112 valence electrons. The Morgan fingerprint density at radius 2 is 1.52 bits per heavy atom. The second-order valence-electron chi connectivity index (χ2n) is 4.34. The fourth-order valence-electron chi connectivity index (χ4n) is 1.70. The summed E-state index contributed by atoms with van der Waals surface area (Å²) in [6.07, 6.45) is -4.33. The summed E-state index contributed by atoms with van der Waals surface area (Å²) in [7, 11) is 0. The standard InChI is InChI=1S/C14H10Br2F3NO/c15-11-5-8(6-12(16)13(11)21)7-20-10-3-1-9(2-4-10)14(17,18)19/h1-6,20-21H,7H2. The molecule has 0 saturated heterocycles. The van der Waals surface area contributed by atoms with E-state index in [4.69, 9.17) is 0 Å². The number of halogens is 5. The van der Waals surface area contributed by atoms with Crippen molar-refractivity contribution >= 4 is 37.5 Å². The Morgan fingerprint density at radius 3 is 2.00 bits per heavy atom. The Kier molecular flexibility index (Phi) is 4.83. The van der Waals surface area contributed by atoms with E-state index in [0.29, 0.717) is 21.2 Å². The van der Waals surface area contributed by atoms with Crippen LogP contribution in [0.1, 0.15) is 11.1 Å². The van der Waals surface area contributed by atoms with Gasteiger partial charge in [0.1, 0.15) is 5.75 Å². The lowest BCUT2D eigenvalue weighted by molar-refractivity contribution is -0.137. The third kappa shape index (κ3) is 4.14. The van der Waals surface area contributed by atoms with Gasteiger partial charge in [0.25, 0.3) is 0 Å². The first-order valence-corrected chi connectivity index (χ1v) is 7.44. The number of phenols is 1. The topological polar surface area (TPSA) is 32.3 Å². The van der Waals surface area contributed by atoms with Gasteiger partial charge in [-0.2, -0.15) is 13.2 Å². The van der Waals surface area contributed by atoms with Crippen LogP contribution in [-0.2, 0) is 12.7 Å². The molecule has 0 saturated carbocycles. The number of benzene rings is 2. The van der Waals surface area contributed by atoms with Crippen molar-refractivity contribution in [3.05, 3.63) is 56.5 Å². The Bertz CT molecular complexity index is 619. The van der Waals surface area contributed by atoms with Crippen LogP contribution < -0.4 is 5.32 Å². The van der Waals surface area contributed by atoms with Crippen molar-refractivity contribution in [2.75, 3.05) is 5.32 Å². The molecule has 0 bridgehead atoms. The smallest absolute Gasteiger partial charge is 0.416 e. The molecule has 21 heavy (non-hydrogen) atoms. The van der Waals surface area contributed by atoms with Crippen LogP contribution in [0.3, 0.4) is 0 Å². The molecule has 0 spiro atoms. The van der Waals surface area contributed by atoms with E-state index in [1.54, 1.807) is 12.1 Å². The highest BCUT2D eigenvalue weighted by molar-refractivity contribution is 9.11. The lowest BCUT2D eigenvalue weighted by Crippen LogP contribution is -2.05. The number of rotatable bonds is 3. The number of alkyl halides is 3. The van der Waals surface area contributed by atoms with E-state index < -0.39 is 11.7 Å². The van der Waals surface area contributed by atoms with Crippen LogP contribution in [-0.4, -0.2) is 5.11 Å². The summed E-state index contributed by atoms with van der Waals surface area (Å²) in [5, 5.41) is 12.6. The van der Waals surface area contributed by atoms with Gasteiger partial charge >= 0.3 is 6.18 Å². The molecule has 0 aromatic heterocycles. The molecule has 2 aromatic rings. The van der Waals surface area contributed by atoms with Gasteiger partial charge in [-0.3, -0.25) is 0 Å². The van der Waals surface area contributed by atoms with Crippen LogP contribution in [0.2, 0.25) is 0 Å². The van der Waals surface area contributed by atoms with Crippen molar-refractivity contribution in [3.63, 3.8) is 0 Å². The maximum Gasteiger partial charge on any atom is 0.416 e. The van der Waals surface area contributed by atoms with E-state index in [9.17, 15) is 18.3 Å². The van der Waals surface area contributed by atoms with Gasteiger partial charge in [-0.25, -0.2) is 0 Å². The minimum atomic E-state index is -4.33. The minimum absolute atomic E-state index is 0.105. The molecule has 2 aromatic carbocycles. The summed E-state index contributed by atoms with van der Waals surface area (Å²) in [5.74, 6) is 0.105. The fraction of sp³-hybridized carbons (Fsp3) is 0.143. The van der Waals surface area contributed by atoms with Gasteiger partial charge in [0.15, 0.2) is 0 Å². The molecule has 2 rings (SSSR count). The normalized spacial score (nSPS) is 11.5. The van der Waals surface area contributed by atoms with Crippen molar-refractivity contribution < 1.29 is 18.3 Å². The molecular weight excluding hydrogens is 415 g/mol. The van der Waals surface area contributed by atoms with Crippen molar-refractivity contribution in [1.29, 1.82) is 0 Å². The Balaban J connectivity index is 2.07. The predicted molar refractivity (Wildman–Crippen MR) is 82.3 cm³/mol. The van der Waals surface area contributed by atoms with E-state index in [0.717, 1.165) is 17.7 Å². The molecule has 0 fully saturated rings. The van der Waals surface area contributed by atoms with Crippen LogP contribution >= 0.6 is 31.9 Å². The largest absolute Gasteiger partial charge is 0.506 e. The van der Waals surface area contributed by atoms with E-state index in [-0.39, 0.29) is 5.75 Å². The zero-order valence-corrected chi connectivity index (χ0v) is 13.7. The quantitative estimate of drug-likeness (QED) is 0.677. The second kappa shape index (κ2) is 6.27. The Hall–Kier alpha value is -1.21. The molecular formula is C14H10Br2F3NO. The number of aromatic hydroxyl groups is 1. The molecule has 0 amide bonds. The molecule has 0 aliphatic rings.